The molecule has 3 rings (SSSR count). The number of carbonyl (C=O) groups excluding carboxylic acids is 1. The second-order valence-electron chi connectivity index (χ2n) is 6.49. The number of hydrogen-bond donors (Lipinski definition) is 1. The molecule has 2 aromatic rings. The molecule has 1 aliphatic heterocycles. The average Bonchev–Trinajstić information content (AvgIpc) is 2.61. The molecule has 0 saturated heterocycles. The fraction of sp³-hybridized carbons (Fsp3) is 0.350. The van der Waals surface area contributed by atoms with Gasteiger partial charge in [0, 0.05) is 38.6 Å². The standard InChI is InChI=1S/C20H25N3O/c1-22(2)18-11-9-16(10-12-18)14-21-20(24)15-23-13-5-7-17-6-3-4-8-19(17)23/h3-4,6,8-12H,5,7,13-15H2,1-2H3,(H,21,24). The number of nitrogens with one attached hydrogen (secondary N) is 1. The van der Waals surface area contributed by atoms with Crippen molar-refractivity contribution in [2.24, 2.45) is 0 Å². The number of benzene rings is 2. The quantitative estimate of drug-likeness (QED) is 0.919. The number of carbonyl (C=O) groups is 1. The average molecular weight is 323 g/mol. The zero-order valence-electron chi connectivity index (χ0n) is 14.5. The molecule has 1 heterocycles. The van der Waals surface area contributed by atoms with Crippen LogP contribution in [0.1, 0.15) is 17.5 Å². The lowest BCUT2D eigenvalue weighted by molar-refractivity contribution is -0.119. The smallest absolute Gasteiger partial charge is 0.239 e. The van der Waals surface area contributed by atoms with Crippen molar-refractivity contribution in [3.8, 4) is 0 Å². The van der Waals surface area contributed by atoms with Crippen molar-refractivity contribution in [3.63, 3.8) is 0 Å². The van der Waals surface area contributed by atoms with Gasteiger partial charge in [0.25, 0.3) is 0 Å². The van der Waals surface area contributed by atoms with E-state index in [4.69, 9.17) is 0 Å². The van der Waals surface area contributed by atoms with Crippen molar-refractivity contribution < 1.29 is 4.79 Å². The molecule has 0 radical (unpaired) electrons. The largest absolute Gasteiger partial charge is 0.378 e. The molecule has 1 amide bonds. The van der Waals surface area contributed by atoms with E-state index in [2.05, 4.69) is 57.6 Å². The first-order chi connectivity index (χ1) is 11.6. The normalized spacial score (nSPS) is 13.3. The van der Waals surface area contributed by atoms with Crippen LogP contribution in [-0.2, 0) is 17.8 Å². The fourth-order valence-corrected chi connectivity index (χ4v) is 3.12. The van der Waals surface area contributed by atoms with E-state index in [1.165, 1.54) is 11.3 Å². The molecule has 0 fully saturated rings. The zero-order valence-corrected chi connectivity index (χ0v) is 14.5. The highest BCUT2D eigenvalue weighted by molar-refractivity contribution is 5.81. The van der Waals surface area contributed by atoms with Gasteiger partial charge in [-0.2, -0.15) is 0 Å². The van der Waals surface area contributed by atoms with Gasteiger partial charge >= 0.3 is 0 Å². The number of nitrogens with zero attached hydrogens (tertiary/aromatic N) is 2. The minimum Gasteiger partial charge on any atom is -0.378 e. The summed E-state index contributed by atoms with van der Waals surface area (Å²) in [4.78, 5) is 16.6. The Kier molecular flexibility index (Phi) is 5.04. The van der Waals surface area contributed by atoms with E-state index < -0.39 is 0 Å². The topological polar surface area (TPSA) is 35.6 Å². The lowest BCUT2D eigenvalue weighted by atomic mass is 10.0. The number of aryl methyl sites for hydroxylation is 1. The molecule has 0 bridgehead atoms. The van der Waals surface area contributed by atoms with Crippen LogP contribution in [0.25, 0.3) is 0 Å². The van der Waals surface area contributed by atoms with E-state index in [9.17, 15) is 4.79 Å². The van der Waals surface area contributed by atoms with Gasteiger partial charge in [0.1, 0.15) is 0 Å². The molecule has 0 spiro atoms. The van der Waals surface area contributed by atoms with Gasteiger partial charge in [-0.25, -0.2) is 0 Å². The number of hydrogen-bond acceptors (Lipinski definition) is 3. The van der Waals surface area contributed by atoms with Gasteiger partial charge in [0.15, 0.2) is 0 Å². The SMILES string of the molecule is CN(C)c1ccc(CNC(=O)CN2CCCc3ccccc32)cc1. The van der Waals surface area contributed by atoms with Gasteiger partial charge in [0.05, 0.1) is 6.54 Å². The molecule has 126 valence electrons. The Balaban J connectivity index is 1.55. The van der Waals surface area contributed by atoms with Crippen LogP contribution in [0.4, 0.5) is 11.4 Å². The van der Waals surface area contributed by atoms with Crippen LogP contribution in [0, 0.1) is 0 Å². The number of fused-ring (bicyclic) bond motifs is 1. The highest BCUT2D eigenvalue weighted by atomic mass is 16.2. The Labute approximate surface area is 144 Å². The van der Waals surface area contributed by atoms with E-state index in [1.807, 2.05) is 20.2 Å². The summed E-state index contributed by atoms with van der Waals surface area (Å²) < 4.78 is 0. The summed E-state index contributed by atoms with van der Waals surface area (Å²) >= 11 is 0. The monoisotopic (exact) mass is 323 g/mol. The van der Waals surface area contributed by atoms with Gasteiger partial charge in [-0.1, -0.05) is 30.3 Å². The van der Waals surface area contributed by atoms with Crippen LogP contribution < -0.4 is 15.1 Å². The third kappa shape index (κ3) is 3.88. The number of rotatable bonds is 5. The minimum atomic E-state index is 0.0726. The molecule has 4 heteroatoms. The van der Waals surface area contributed by atoms with Crippen LogP contribution in [0.3, 0.4) is 0 Å². The second-order valence-corrected chi connectivity index (χ2v) is 6.49. The van der Waals surface area contributed by atoms with Crippen molar-refractivity contribution in [1.29, 1.82) is 0 Å². The predicted molar refractivity (Wildman–Crippen MR) is 99.6 cm³/mol. The molecule has 1 aliphatic rings. The van der Waals surface area contributed by atoms with Gasteiger partial charge in [-0.05, 0) is 42.2 Å². The first-order valence-corrected chi connectivity index (χ1v) is 8.49. The molecule has 1 N–H and O–H groups in total. The molecular formula is C20H25N3O. The summed E-state index contributed by atoms with van der Waals surface area (Å²) in [6.45, 7) is 1.94. The maximum atomic E-state index is 12.3. The summed E-state index contributed by atoms with van der Waals surface area (Å²) in [5.74, 6) is 0.0726. The van der Waals surface area contributed by atoms with Gasteiger partial charge < -0.3 is 15.1 Å². The van der Waals surface area contributed by atoms with E-state index in [0.717, 1.165) is 30.6 Å². The summed E-state index contributed by atoms with van der Waals surface area (Å²) in [6.07, 6.45) is 2.21. The predicted octanol–water partition coefficient (Wildman–Crippen LogP) is 2.82. The Morgan fingerprint density at radius 1 is 1.12 bits per heavy atom. The Morgan fingerprint density at radius 2 is 1.88 bits per heavy atom. The first kappa shape index (κ1) is 16.4. The van der Waals surface area contributed by atoms with Gasteiger partial charge in [0.2, 0.25) is 5.91 Å². The van der Waals surface area contributed by atoms with E-state index in [-0.39, 0.29) is 5.91 Å². The van der Waals surface area contributed by atoms with E-state index in [0.29, 0.717) is 13.1 Å². The third-order valence-electron chi connectivity index (χ3n) is 4.48. The summed E-state index contributed by atoms with van der Waals surface area (Å²) in [7, 11) is 4.04. The highest BCUT2D eigenvalue weighted by Gasteiger charge is 2.18. The van der Waals surface area contributed by atoms with Gasteiger partial charge in [-0.3, -0.25) is 4.79 Å². The number of para-hydroxylation sites is 1. The third-order valence-corrected chi connectivity index (χ3v) is 4.48. The summed E-state index contributed by atoms with van der Waals surface area (Å²) in [5.41, 5.74) is 4.83. The lowest BCUT2D eigenvalue weighted by Gasteiger charge is -2.30. The Bertz CT molecular complexity index is 694. The maximum absolute atomic E-state index is 12.3. The highest BCUT2D eigenvalue weighted by Crippen LogP contribution is 2.26. The van der Waals surface area contributed by atoms with Crippen molar-refractivity contribution >= 4 is 17.3 Å². The van der Waals surface area contributed by atoms with Crippen LogP contribution in [0.5, 0.6) is 0 Å². The maximum Gasteiger partial charge on any atom is 0.239 e. The van der Waals surface area contributed by atoms with E-state index >= 15 is 0 Å². The second kappa shape index (κ2) is 7.39. The molecule has 24 heavy (non-hydrogen) atoms. The fourth-order valence-electron chi connectivity index (χ4n) is 3.12. The number of anilines is 2. The molecule has 0 aromatic heterocycles. The molecule has 2 aromatic carbocycles. The molecule has 0 saturated carbocycles. The van der Waals surface area contributed by atoms with Crippen LogP contribution in [-0.4, -0.2) is 33.1 Å². The van der Waals surface area contributed by atoms with Crippen molar-refractivity contribution in [2.45, 2.75) is 19.4 Å². The summed E-state index contributed by atoms with van der Waals surface area (Å²) in [5, 5.41) is 3.03. The molecular weight excluding hydrogens is 298 g/mol. The molecule has 4 nitrogen and oxygen atoms in total. The summed E-state index contributed by atoms with van der Waals surface area (Å²) in [6, 6.07) is 16.6. The van der Waals surface area contributed by atoms with Crippen molar-refractivity contribution in [2.75, 3.05) is 37.0 Å². The van der Waals surface area contributed by atoms with Gasteiger partial charge in [-0.15, -0.1) is 0 Å². The zero-order chi connectivity index (χ0) is 16.9. The van der Waals surface area contributed by atoms with E-state index in [1.54, 1.807) is 0 Å². The minimum absolute atomic E-state index is 0.0726. The number of amides is 1. The van der Waals surface area contributed by atoms with Crippen molar-refractivity contribution in [1.82, 2.24) is 5.32 Å². The molecule has 0 aliphatic carbocycles. The first-order valence-electron chi connectivity index (χ1n) is 8.49. The van der Waals surface area contributed by atoms with Crippen LogP contribution >= 0.6 is 0 Å². The Morgan fingerprint density at radius 3 is 2.62 bits per heavy atom. The van der Waals surface area contributed by atoms with Crippen molar-refractivity contribution in [3.05, 3.63) is 59.7 Å². The van der Waals surface area contributed by atoms with Crippen LogP contribution in [0.2, 0.25) is 0 Å². The molecule has 0 atom stereocenters. The Hall–Kier alpha value is -2.49. The lowest BCUT2D eigenvalue weighted by Crippen LogP contribution is -2.39. The van der Waals surface area contributed by atoms with Crippen LogP contribution in [0.15, 0.2) is 48.5 Å². The molecule has 0 unspecified atom stereocenters.